The molecular formula is C20H25N7O2S. The molecule has 0 atom stereocenters. The summed E-state index contributed by atoms with van der Waals surface area (Å²) >= 11 is 1.28. The number of hydrogen-bond acceptors (Lipinski definition) is 8. The Labute approximate surface area is 178 Å². The molecule has 30 heavy (non-hydrogen) atoms. The molecule has 0 aliphatic carbocycles. The Hall–Kier alpha value is -2.85. The van der Waals surface area contributed by atoms with E-state index in [4.69, 9.17) is 0 Å². The molecule has 3 aromatic heterocycles. The number of carbonyl (C=O) groups excluding carboxylic acids is 1. The number of piperazine rings is 1. The van der Waals surface area contributed by atoms with Crippen LogP contribution in [0.4, 0.5) is 5.95 Å². The van der Waals surface area contributed by atoms with Crippen molar-refractivity contribution in [2.45, 2.75) is 13.5 Å². The van der Waals surface area contributed by atoms with E-state index in [1.165, 1.54) is 16.2 Å². The van der Waals surface area contributed by atoms with Crippen LogP contribution in [0.1, 0.15) is 15.2 Å². The van der Waals surface area contributed by atoms with E-state index >= 15 is 0 Å². The molecule has 0 saturated carbocycles. The molecule has 1 saturated heterocycles. The minimum absolute atomic E-state index is 0.0807. The summed E-state index contributed by atoms with van der Waals surface area (Å²) in [5.74, 6) is 0.667. The first-order valence-corrected chi connectivity index (χ1v) is 10.7. The molecule has 0 spiro atoms. The van der Waals surface area contributed by atoms with Gasteiger partial charge in [0.2, 0.25) is 5.95 Å². The number of rotatable bonds is 5. The first-order valence-electron chi connectivity index (χ1n) is 9.90. The highest BCUT2D eigenvalue weighted by atomic mass is 32.1. The van der Waals surface area contributed by atoms with Gasteiger partial charge in [-0.2, -0.15) is 0 Å². The molecule has 1 fully saturated rings. The molecule has 0 aromatic carbocycles. The predicted molar refractivity (Wildman–Crippen MR) is 117 cm³/mol. The molecule has 0 N–H and O–H groups in total. The fraction of sp³-hybridized carbons (Fsp3) is 0.450. The maximum atomic E-state index is 13.0. The van der Waals surface area contributed by atoms with Crippen molar-refractivity contribution in [2.75, 3.05) is 51.7 Å². The molecule has 4 rings (SSSR count). The third-order valence-electron chi connectivity index (χ3n) is 5.38. The van der Waals surface area contributed by atoms with Crippen molar-refractivity contribution in [1.29, 1.82) is 0 Å². The first-order chi connectivity index (χ1) is 14.5. The van der Waals surface area contributed by atoms with Crippen molar-refractivity contribution in [2.24, 2.45) is 0 Å². The minimum Gasteiger partial charge on any atom is -0.344 e. The topological polar surface area (TPSA) is 87.5 Å². The van der Waals surface area contributed by atoms with Crippen LogP contribution in [0.3, 0.4) is 0 Å². The van der Waals surface area contributed by atoms with Crippen molar-refractivity contribution < 1.29 is 4.79 Å². The van der Waals surface area contributed by atoms with Crippen molar-refractivity contribution in [1.82, 2.24) is 29.3 Å². The summed E-state index contributed by atoms with van der Waals surface area (Å²) in [6.07, 6.45) is 5.11. The number of thiophene rings is 1. The average molecular weight is 428 g/mol. The molecule has 1 aliphatic rings. The number of amides is 1. The van der Waals surface area contributed by atoms with Gasteiger partial charge in [-0.3, -0.25) is 19.1 Å². The Morgan fingerprint density at radius 3 is 2.47 bits per heavy atom. The second kappa shape index (κ2) is 8.49. The zero-order valence-corrected chi connectivity index (χ0v) is 18.2. The van der Waals surface area contributed by atoms with Gasteiger partial charge in [0.15, 0.2) is 0 Å². The number of aryl methyl sites for hydroxylation is 1. The van der Waals surface area contributed by atoms with Crippen molar-refractivity contribution >= 4 is 33.4 Å². The molecule has 0 unspecified atom stereocenters. The summed E-state index contributed by atoms with van der Waals surface area (Å²) in [5, 5.41) is 0.554. The van der Waals surface area contributed by atoms with E-state index in [-0.39, 0.29) is 11.5 Å². The molecule has 3 aromatic rings. The van der Waals surface area contributed by atoms with Gasteiger partial charge in [0.25, 0.3) is 11.5 Å². The highest BCUT2D eigenvalue weighted by Crippen LogP contribution is 2.27. The Kier molecular flexibility index (Phi) is 5.78. The van der Waals surface area contributed by atoms with Gasteiger partial charge in [-0.25, -0.2) is 15.0 Å². The van der Waals surface area contributed by atoms with Crippen LogP contribution in [-0.2, 0) is 6.54 Å². The van der Waals surface area contributed by atoms with E-state index in [0.29, 0.717) is 21.6 Å². The van der Waals surface area contributed by atoms with E-state index in [2.05, 4.69) is 24.8 Å². The summed E-state index contributed by atoms with van der Waals surface area (Å²) in [7, 11) is 3.42. The van der Waals surface area contributed by atoms with Gasteiger partial charge in [0.1, 0.15) is 4.83 Å². The van der Waals surface area contributed by atoms with Crippen LogP contribution in [0.15, 0.2) is 29.6 Å². The Balaban J connectivity index is 1.44. The van der Waals surface area contributed by atoms with Crippen LogP contribution in [-0.4, -0.2) is 82.0 Å². The fourth-order valence-corrected chi connectivity index (χ4v) is 4.76. The smallest absolute Gasteiger partial charge is 0.263 e. The third-order valence-corrected chi connectivity index (χ3v) is 6.57. The van der Waals surface area contributed by atoms with E-state index in [9.17, 15) is 9.59 Å². The maximum Gasteiger partial charge on any atom is 0.263 e. The van der Waals surface area contributed by atoms with E-state index in [0.717, 1.165) is 44.2 Å². The number of nitrogens with zero attached hydrogens (tertiary/aromatic N) is 7. The standard InChI is InChI=1S/C20H25N7O2S/c1-14-15-17(30-16(14)19(29)24(2)3)23-13-27(18(15)28)12-9-25-7-10-26(11-8-25)20-21-5-4-6-22-20/h4-6,13H,7-12H2,1-3H3. The largest absolute Gasteiger partial charge is 0.344 e. The van der Waals surface area contributed by atoms with Crippen molar-refractivity contribution in [3.63, 3.8) is 0 Å². The number of carbonyl (C=O) groups is 1. The van der Waals surface area contributed by atoms with Crippen LogP contribution in [0.5, 0.6) is 0 Å². The van der Waals surface area contributed by atoms with Crippen LogP contribution < -0.4 is 10.5 Å². The lowest BCUT2D eigenvalue weighted by molar-refractivity contribution is 0.0831. The average Bonchev–Trinajstić information content (AvgIpc) is 3.10. The second-order valence-corrected chi connectivity index (χ2v) is 8.56. The molecular weight excluding hydrogens is 402 g/mol. The van der Waals surface area contributed by atoms with E-state index in [1.807, 2.05) is 13.0 Å². The first kappa shape index (κ1) is 20.4. The molecule has 9 nitrogen and oxygen atoms in total. The maximum absolute atomic E-state index is 13.0. The number of aromatic nitrogens is 4. The zero-order valence-electron chi connectivity index (χ0n) is 17.4. The van der Waals surface area contributed by atoms with Crippen LogP contribution in [0, 0.1) is 6.92 Å². The number of anilines is 1. The van der Waals surface area contributed by atoms with Crippen LogP contribution in [0.25, 0.3) is 10.2 Å². The highest BCUT2D eigenvalue weighted by molar-refractivity contribution is 7.20. The van der Waals surface area contributed by atoms with Gasteiger partial charge < -0.3 is 9.80 Å². The zero-order chi connectivity index (χ0) is 21.3. The van der Waals surface area contributed by atoms with Crippen molar-refractivity contribution in [3.05, 3.63) is 45.6 Å². The molecule has 1 aliphatic heterocycles. The van der Waals surface area contributed by atoms with Gasteiger partial charge in [-0.1, -0.05) is 0 Å². The van der Waals surface area contributed by atoms with Gasteiger partial charge in [-0.05, 0) is 18.6 Å². The molecule has 158 valence electrons. The molecule has 10 heteroatoms. The van der Waals surface area contributed by atoms with Crippen LogP contribution in [0.2, 0.25) is 0 Å². The Morgan fingerprint density at radius 1 is 1.10 bits per heavy atom. The Morgan fingerprint density at radius 2 is 1.80 bits per heavy atom. The summed E-state index contributed by atoms with van der Waals surface area (Å²) < 4.78 is 1.65. The summed E-state index contributed by atoms with van der Waals surface area (Å²) in [6.45, 7) is 6.65. The monoisotopic (exact) mass is 427 g/mol. The molecule has 1 amide bonds. The second-order valence-electron chi connectivity index (χ2n) is 7.56. The van der Waals surface area contributed by atoms with Gasteiger partial charge >= 0.3 is 0 Å². The SMILES string of the molecule is Cc1c(C(=O)N(C)C)sc2ncn(CCN3CCN(c4ncccn4)CC3)c(=O)c12. The van der Waals surface area contributed by atoms with E-state index < -0.39 is 0 Å². The summed E-state index contributed by atoms with van der Waals surface area (Å²) in [6, 6.07) is 1.82. The highest BCUT2D eigenvalue weighted by Gasteiger charge is 2.22. The number of hydrogen-bond donors (Lipinski definition) is 0. The Bertz CT molecular complexity index is 1100. The molecule has 0 bridgehead atoms. The fourth-order valence-electron chi connectivity index (χ4n) is 3.60. The van der Waals surface area contributed by atoms with Crippen LogP contribution >= 0.6 is 11.3 Å². The minimum atomic E-state index is -0.0956. The van der Waals surface area contributed by atoms with Gasteiger partial charge in [-0.15, -0.1) is 11.3 Å². The quantitative estimate of drug-likeness (QED) is 0.602. The van der Waals surface area contributed by atoms with E-state index in [1.54, 1.807) is 37.4 Å². The lowest BCUT2D eigenvalue weighted by atomic mass is 10.2. The number of fused-ring (bicyclic) bond motifs is 1. The predicted octanol–water partition coefficient (Wildman–Crippen LogP) is 1.08. The lowest BCUT2D eigenvalue weighted by Gasteiger charge is -2.34. The van der Waals surface area contributed by atoms with Gasteiger partial charge in [0.05, 0.1) is 16.6 Å². The summed E-state index contributed by atoms with van der Waals surface area (Å²) in [5.41, 5.74) is 0.639. The summed E-state index contributed by atoms with van der Waals surface area (Å²) in [4.78, 5) is 45.7. The third kappa shape index (κ3) is 3.92. The lowest BCUT2D eigenvalue weighted by Crippen LogP contribution is -2.48. The molecule has 0 radical (unpaired) electrons. The normalized spacial score (nSPS) is 15.0. The van der Waals surface area contributed by atoms with Gasteiger partial charge in [0, 0.05) is 65.8 Å². The van der Waals surface area contributed by atoms with Crippen molar-refractivity contribution in [3.8, 4) is 0 Å². The molecule has 4 heterocycles.